The second-order valence-electron chi connectivity index (χ2n) is 8.54. The van der Waals surface area contributed by atoms with Crippen LogP contribution in [-0.4, -0.2) is 49.1 Å². The number of anilines is 1. The van der Waals surface area contributed by atoms with Crippen molar-refractivity contribution in [2.75, 3.05) is 32.6 Å². The molecule has 1 saturated heterocycles. The monoisotopic (exact) mass is 474 g/mol. The van der Waals surface area contributed by atoms with Gasteiger partial charge in [0.15, 0.2) is 11.5 Å². The van der Waals surface area contributed by atoms with Gasteiger partial charge < -0.3 is 25.0 Å². The van der Waals surface area contributed by atoms with Crippen LogP contribution in [0.5, 0.6) is 11.5 Å². The maximum Gasteiger partial charge on any atom is 0.321 e. The molecule has 182 valence electrons. The van der Waals surface area contributed by atoms with Gasteiger partial charge in [0, 0.05) is 36.5 Å². The van der Waals surface area contributed by atoms with E-state index in [0.29, 0.717) is 30.3 Å². The molecule has 35 heavy (non-hydrogen) atoms. The molecule has 1 aromatic heterocycles. The summed E-state index contributed by atoms with van der Waals surface area (Å²) >= 11 is 0. The number of carbonyl (C=O) groups is 2. The number of likely N-dealkylation sites (tertiary alicyclic amines) is 1. The van der Waals surface area contributed by atoms with Crippen LogP contribution in [0.4, 0.5) is 10.5 Å². The van der Waals surface area contributed by atoms with Gasteiger partial charge in [-0.25, -0.2) is 4.79 Å². The van der Waals surface area contributed by atoms with E-state index in [4.69, 9.17) is 9.47 Å². The highest BCUT2D eigenvalue weighted by molar-refractivity contribution is 5.91. The van der Waals surface area contributed by atoms with Gasteiger partial charge in [0.25, 0.3) is 0 Å². The van der Waals surface area contributed by atoms with Crippen molar-refractivity contribution in [3.05, 3.63) is 83.7 Å². The number of hydrogen-bond donors (Lipinski definition) is 2. The Hall–Kier alpha value is -4.07. The Labute approximate surface area is 205 Å². The van der Waals surface area contributed by atoms with Gasteiger partial charge in [-0.3, -0.25) is 9.78 Å². The SMILES string of the molecule is COc1cccc(C2CN(C(=O)Nc3ccc(C)cc3)CC2C(=O)NCc2ccccn2)c1OC. The number of pyridine rings is 1. The number of methoxy groups -OCH3 is 2. The Balaban J connectivity index is 1.57. The highest BCUT2D eigenvalue weighted by Gasteiger charge is 2.42. The van der Waals surface area contributed by atoms with Crippen molar-refractivity contribution in [1.29, 1.82) is 0 Å². The summed E-state index contributed by atoms with van der Waals surface area (Å²) < 4.78 is 11.1. The maximum atomic E-state index is 13.4. The number of carbonyl (C=O) groups excluding carboxylic acids is 2. The molecule has 0 bridgehead atoms. The predicted octanol–water partition coefficient (Wildman–Crippen LogP) is 3.97. The van der Waals surface area contributed by atoms with E-state index in [0.717, 1.165) is 16.8 Å². The van der Waals surface area contributed by atoms with Gasteiger partial charge in [0.1, 0.15) is 0 Å². The topological polar surface area (TPSA) is 92.8 Å². The Morgan fingerprint density at radius 3 is 2.49 bits per heavy atom. The molecule has 0 spiro atoms. The number of aromatic nitrogens is 1. The van der Waals surface area contributed by atoms with E-state index in [1.807, 2.05) is 67.6 Å². The first-order valence-corrected chi connectivity index (χ1v) is 11.5. The zero-order valence-corrected chi connectivity index (χ0v) is 20.2. The summed E-state index contributed by atoms with van der Waals surface area (Å²) in [6.45, 7) is 2.94. The first kappa shape index (κ1) is 24.1. The van der Waals surface area contributed by atoms with E-state index in [2.05, 4.69) is 15.6 Å². The van der Waals surface area contributed by atoms with Crippen molar-refractivity contribution in [2.24, 2.45) is 5.92 Å². The molecular weight excluding hydrogens is 444 g/mol. The van der Waals surface area contributed by atoms with Gasteiger partial charge in [-0.05, 0) is 37.3 Å². The molecule has 1 aliphatic rings. The maximum absolute atomic E-state index is 13.4. The largest absolute Gasteiger partial charge is 0.493 e. The molecular formula is C27H30N4O4. The highest BCUT2D eigenvalue weighted by Crippen LogP contribution is 2.42. The fourth-order valence-corrected chi connectivity index (χ4v) is 4.41. The summed E-state index contributed by atoms with van der Waals surface area (Å²) in [6, 6.07) is 18.5. The van der Waals surface area contributed by atoms with Crippen LogP contribution in [0.2, 0.25) is 0 Å². The Kier molecular flexibility index (Phi) is 7.50. The zero-order valence-electron chi connectivity index (χ0n) is 20.2. The molecule has 8 heteroatoms. The average Bonchev–Trinajstić information content (AvgIpc) is 3.34. The predicted molar refractivity (Wildman–Crippen MR) is 134 cm³/mol. The summed E-state index contributed by atoms with van der Waals surface area (Å²) in [6.07, 6.45) is 1.69. The number of rotatable bonds is 7. The molecule has 2 atom stereocenters. The molecule has 1 aliphatic heterocycles. The third kappa shape index (κ3) is 5.54. The molecule has 3 amide bonds. The minimum absolute atomic E-state index is 0.142. The summed E-state index contributed by atoms with van der Waals surface area (Å²) in [7, 11) is 3.16. The third-order valence-electron chi connectivity index (χ3n) is 6.25. The fourth-order valence-electron chi connectivity index (χ4n) is 4.41. The van der Waals surface area contributed by atoms with Gasteiger partial charge in [0.05, 0.1) is 32.4 Å². The fraction of sp³-hybridized carbons (Fsp3) is 0.296. The molecule has 0 saturated carbocycles. The number of benzene rings is 2. The van der Waals surface area contributed by atoms with Crippen LogP contribution in [0, 0.1) is 12.8 Å². The van der Waals surface area contributed by atoms with Crippen molar-refractivity contribution >= 4 is 17.6 Å². The molecule has 2 heterocycles. The van der Waals surface area contributed by atoms with Gasteiger partial charge >= 0.3 is 6.03 Å². The number of nitrogens with zero attached hydrogens (tertiary/aromatic N) is 2. The van der Waals surface area contributed by atoms with E-state index < -0.39 is 5.92 Å². The number of para-hydroxylation sites is 1. The highest BCUT2D eigenvalue weighted by atomic mass is 16.5. The molecule has 8 nitrogen and oxygen atoms in total. The van der Waals surface area contributed by atoms with E-state index >= 15 is 0 Å². The zero-order chi connectivity index (χ0) is 24.8. The normalized spacial score (nSPS) is 17.1. The lowest BCUT2D eigenvalue weighted by atomic mass is 9.87. The van der Waals surface area contributed by atoms with Crippen LogP contribution in [-0.2, 0) is 11.3 Å². The van der Waals surface area contributed by atoms with E-state index in [-0.39, 0.29) is 24.4 Å². The van der Waals surface area contributed by atoms with Crippen LogP contribution in [0.3, 0.4) is 0 Å². The molecule has 1 fully saturated rings. The standard InChI is InChI=1S/C27H30N4O4/c1-18-10-12-19(13-11-18)30-27(33)31-16-22(21-8-6-9-24(34-2)25(21)35-3)23(17-31)26(32)29-15-20-7-4-5-14-28-20/h4-14,22-23H,15-17H2,1-3H3,(H,29,32)(H,30,33). The van der Waals surface area contributed by atoms with Crippen LogP contribution < -0.4 is 20.1 Å². The number of ether oxygens (including phenoxy) is 2. The summed E-state index contributed by atoms with van der Waals surface area (Å²) in [5.41, 5.74) is 3.41. The minimum atomic E-state index is -0.469. The number of urea groups is 1. The van der Waals surface area contributed by atoms with Crippen molar-refractivity contribution in [2.45, 2.75) is 19.4 Å². The minimum Gasteiger partial charge on any atom is -0.493 e. The number of hydrogen-bond acceptors (Lipinski definition) is 5. The number of aryl methyl sites for hydroxylation is 1. The average molecular weight is 475 g/mol. The van der Waals surface area contributed by atoms with Gasteiger partial charge in [-0.2, -0.15) is 0 Å². The van der Waals surface area contributed by atoms with Crippen molar-refractivity contribution in [3.63, 3.8) is 0 Å². The molecule has 2 aromatic carbocycles. The van der Waals surface area contributed by atoms with E-state index in [1.54, 1.807) is 25.3 Å². The van der Waals surface area contributed by atoms with Crippen molar-refractivity contribution in [1.82, 2.24) is 15.2 Å². The lowest BCUT2D eigenvalue weighted by molar-refractivity contribution is -0.125. The van der Waals surface area contributed by atoms with E-state index in [1.165, 1.54) is 0 Å². The van der Waals surface area contributed by atoms with E-state index in [9.17, 15) is 9.59 Å². The molecule has 0 radical (unpaired) electrons. The van der Waals surface area contributed by atoms with Crippen LogP contribution in [0.25, 0.3) is 0 Å². The van der Waals surface area contributed by atoms with Crippen LogP contribution in [0.15, 0.2) is 66.9 Å². The lowest BCUT2D eigenvalue weighted by Gasteiger charge is -2.21. The molecule has 2 N–H and O–H groups in total. The van der Waals surface area contributed by atoms with Crippen molar-refractivity contribution in [3.8, 4) is 11.5 Å². The number of nitrogens with one attached hydrogen (secondary N) is 2. The summed E-state index contributed by atoms with van der Waals surface area (Å²) in [4.78, 5) is 32.4. The third-order valence-corrected chi connectivity index (χ3v) is 6.25. The lowest BCUT2D eigenvalue weighted by Crippen LogP contribution is -2.36. The molecule has 4 rings (SSSR count). The first-order valence-electron chi connectivity index (χ1n) is 11.5. The van der Waals surface area contributed by atoms with Crippen LogP contribution >= 0.6 is 0 Å². The van der Waals surface area contributed by atoms with Gasteiger partial charge in [-0.15, -0.1) is 0 Å². The quantitative estimate of drug-likeness (QED) is 0.541. The van der Waals surface area contributed by atoms with Gasteiger partial charge in [-0.1, -0.05) is 35.9 Å². The van der Waals surface area contributed by atoms with Crippen LogP contribution in [0.1, 0.15) is 22.7 Å². The van der Waals surface area contributed by atoms with Gasteiger partial charge in [0.2, 0.25) is 5.91 Å². The molecule has 3 aromatic rings. The Bertz CT molecular complexity index is 1170. The Morgan fingerprint density at radius 2 is 1.80 bits per heavy atom. The summed E-state index contributed by atoms with van der Waals surface area (Å²) in [5.74, 6) is 0.274. The molecule has 0 aliphatic carbocycles. The molecule has 2 unspecified atom stereocenters. The number of amides is 3. The first-order chi connectivity index (χ1) is 17.0. The second-order valence-corrected chi connectivity index (χ2v) is 8.54. The Morgan fingerprint density at radius 1 is 1.00 bits per heavy atom. The summed E-state index contributed by atoms with van der Waals surface area (Å²) in [5, 5.41) is 5.93. The second kappa shape index (κ2) is 10.9. The smallest absolute Gasteiger partial charge is 0.321 e. The van der Waals surface area contributed by atoms with Crippen molar-refractivity contribution < 1.29 is 19.1 Å².